The van der Waals surface area contributed by atoms with Gasteiger partial charge in [0.05, 0.1) is 17.5 Å². The van der Waals surface area contributed by atoms with E-state index in [4.69, 9.17) is 6.42 Å². The van der Waals surface area contributed by atoms with Crippen LogP contribution in [0.5, 0.6) is 0 Å². The molecule has 2 aromatic rings. The zero-order valence-electron chi connectivity index (χ0n) is 17.3. The number of carbonyl (C=O) groups is 1. The van der Waals surface area contributed by atoms with Crippen molar-refractivity contribution in [3.8, 4) is 12.3 Å². The highest BCUT2D eigenvalue weighted by molar-refractivity contribution is 7.92. The van der Waals surface area contributed by atoms with E-state index in [1.807, 2.05) is 12.1 Å². The molecular formula is C22H24FN3O3S. The number of anilines is 1. The van der Waals surface area contributed by atoms with Gasteiger partial charge in [0.1, 0.15) is 5.82 Å². The molecule has 0 unspecified atom stereocenters. The van der Waals surface area contributed by atoms with E-state index in [2.05, 4.69) is 41.7 Å². The van der Waals surface area contributed by atoms with E-state index in [1.54, 1.807) is 12.3 Å². The number of nitrogens with zero attached hydrogens (tertiary/aromatic N) is 1. The molecule has 1 heterocycles. The second-order valence-corrected chi connectivity index (χ2v) is 9.55. The van der Waals surface area contributed by atoms with Gasteiger partial charge in [-0.1, -0.05) is 32.8 Å². The molecule has 30 heavy (non-hydrogen) atoms. The minimum atomic E-state index is -3.69. The van der Waals surface area contributed by atoms with Gasteiger partial charge in [-0.25, -0.2) is 12.8 Å². The molecule has 0 bridgehead atoms. The Balaban J connectivity index is 2.05. The summed E-state index contributed by atoms with van der Waals surface area (Å²) < 4.78 is 39.1. The molecule has 0 aliphatic carbocycles. The lowest BCUT2D eigenvalue weighted by Gasteiger charge is -2.17. The van der Waals surface area contributed by atoms with Gasteiger partial charge in [-0.05, 0) is 35.4 Å². The summed E-state index contributed by atoms with van der Waals surface area (Å²) in [7, 11) is -3.69. The topological polar surface area (TPSA) is 88.2 Å². The summed E-state index contributed by atoms with van der Waals surface area (Å²) >= 11 is 0. The van der Waals surface area contributed by atoms with Gasteiger partial charge in [0, 0.05) is 29.9 Å². The fourth-order valence-electron chi connectivity index (χ4n) is 2.54. The zero-order valence-corrected chi connectivity index (χ0v) is 18.1. The Kier molecular flexibility index (Phi) is 7.00. The third-order valence-corrected chi connectivity index (χ3v) is 4.62. The van der Waals surface area contributed by atoms with E-state index in [0.29, 0.717) is 5.56 Å². The van der Waals surface area contributed by atoms with Crippen molar-refractivity contribution in [1.29, 1.82) is 0 Å². The SMILES string of the molecule is C#Cc1cc(CNC(=O)C=Cc2ccc(C(C)(C)C)nc2)cc(F)c1NS(C)(=O)=O. The minimum absolute atomic E-state index is 0.0230. The summed E-state index contributed by atoms with van der Waals surface area (Å²) in [6.07, 6.45) is 10.9. The molecule has 0 saturated carbocycles. The second kappa shape index (κ2) is 9.09. The van der Waals surface area contributed by atoms with E-state index in [0.717, 1.165) is 23.6 Å². The number of rotatable bonds is 6. The van der Waals surface area contributed by atoms with Crippen molar-refractivity contribution >= 4 is 27.7 Å². The zero-order chi connectivity index (χ0) is 22.5. The van der Waals surface area contributed by atoms with Gasteiger partial charge in [0.2, 0.25) is 15.9 Å². The lowest BCUT2D eigenvalue weighted by Crippen LogP contribution is -2.20. The molecule has 0 radical (unpaired) electrons. The fraction of sp³-hybridized carbons (Fsp3) is 0.273. The van der Waals surface area contributed by atoms with Crippen LogP contribution in [-0.4, -0.2) is 25.6 Å². The second-order valence-electron chi connectivity index (χ2n) is 7.80. The van der Waals surface area contributed by atoms with Crippen LogP contribution >= 0.6 is 0 Å². The predicted octanol–water partition coefficient (Wildman–Crippen LogP) is 3.20. The molecule has 2 rings (SSSR count). The van der Waals surface area contributed by atoms with Gasteiger partial charge in [0.25, 0.3) is 0 Å². The average molecular weight is 430 g/mol. The number of aromatic nitrogens is 1. The normalized spacial score (nSPS) is 11.9. The highest BCUT2D eigenvalue weighted by atomic mass is 32.2. The van der Waals surface area contributed by atoms with Crippen molar-refractivity contribution in [1.82, 2.24) is 10.3 Å². The van der Waals surface area contributed by atoms with Gasteiger partial charge >= 0.3 is 0 Å². The van der Waals surface area contributed by atoms with Crippen LogP contribution in [0.3, 0.4) is 0 Å². The first-order valence-corrected chi connectivity index (χ1v) is 11.0. The van der Waals surface area contributed by atoms with Crippen molar-refractivity contribution in [2.24, 2.45) is 0 Å². The summed E-state index contributed by atoms with van der Waals surface area (Å²) in [6, 6.07) is 6.34. The van der Waals surface area contributed by atoms with Gasteiger partial charge < -0.3 is 5.32 Å². The highest BCUT2D eigenvalue weighted by Crippen LogP contribution is 2.23. The van der Waals surface area contributed by atoms with Gasteiger partial charge in [-0.3, -0.25) is 14.5 Å². The molecule has 0 fully saturated rings. The van der Waals surface area contributed by atoms with E-state index < -0.39 is 15.8 Å². The smallest absolute Gasteiger partial charge is 0.244 e. The molecule has 0 atom stereocenters. The van der Waals surface area contributed by atoms with Crippen molar-refractivity contribution < 1.29 is 17.6 Å². The molecule has 1 aromatic heterocycles. The molecule has 0 spiro atoms. The molecule has 1 amide bonds. The van der Waals surface area contributed by atoms with Crippen molar-refractivity contribution in [3.05, 3.63) is 64.7 Å². The molecule has 1 aromatic carbocycles. The summed E-state index contributed by atoms with van der Waals surface area (Å²) in [5, 5.41) is 2.63. The first kappa shape index (κ1) is 23.1. The standard InChI is InChI=1S/C22H24FN3O3S/c1-6-17-11-16(12-18(23)21(17)26-30(5,28)29)14-25-20(27)10-8-15-7-9-19(24-13-15)22(2,3)4/h1,7-13,26H,14H2,2-5H3,(H,25,27). The Bertz CT molecular complexity index is 1110. The average Bonchev–Trinajstić information content (AvgIpc) is 2.65. The van der Waals surface area contributed by atoms with E-state index in [-0.39, 0.29) is 29.1 Å². The van der Waals surface area contributed by atoms with Gasteiger partial charge in [0.15, 0.2) is 0 Å². The number of halogens is 1. The van der Waals surface area contributed by atoms with Crippen LogP contribution in [0.15, 0.2) is 36.5 Å². The maximum absolute atomic E-state index is 14.3. The van der Waals surface area contributed by atoms with Crippen molar-refractivity contribution in [2.75, 3.05) is 11.0 Å². The van der Waals surface area contributed by atoms with E-state index in [9.17, 15) is 17.6 Å². The van der Waals surface area contributed by atoms with Crippen LogP contribution in [0, 0.1) is 18.2 Å². The summed E-state index contributed by atoms with van der Waals surface area (Å²) in [5.74, 6) is 1.05. The number of pyridine rings is 1. The fourth-order valence-corrected chi connectivity index (χ4v) is 3.11. The maximum Gasteiger partial charge on any atom is 0.244 e. The van der Waals surface area contributed by atoms with Crippen LogP contribution in [0.4, 0.5) is 10.1 Å². The summed E-state index contributed by atoms with van der Waals surface area (Å²) in [6.45, 7) is 6.22. The lowest BCUT2D eigenvalue weighted by molar-refractivity contribution is -0.116. The number of nitrogens with one attached hydrogen (secondary N) is 2. The Morgan fingerprint density at radius 2 is 2.00 bits per heavy atom. The molecular weight excluding hydrogens is 405 g/mol. The number of sulfonamides is 1. The molecule has 2 N–H and O–H groups in total. The molecule has 0 aliphatic heterocycles. The van der Waals surface area contributed by atoms with Crippen LogP contribution in [0.1, 0.15) is 43.2 Å². The quantitative estimate of drug-likeness (QED) is 0.545. The number of hydrogen-bond donors (Lipinski definition) is 2. The van der Waals surface area contributed by atoms with Crippen LogP contribution < -0.4 is 10.0 Å². The van der Waals surface area contributed by atoms with Crippen molar-refractivity contribution in [2.45, 2.75) is 32.7 Å². The molecule has 8 heteroatoms. The minimum Gasteiger partial charge on any atom is -0.348 e. The number of amides is 1. The van der Waals surface area contributed by atoms with Crippen LogP contribution in [-0.2, 0) is 26.8 Å². The number of carbonyl (C=O) groups excluding carboxylic acids is 1. The first-order valence-electron chi connectivity index (χ1n) is 9.08. The molecule has 158 valence electrons. The summed E-state index contributed by atoms with van der Waals surface area (Å²) in [5.41, 5.74) is 1.82. The third kappa shape index (κ3) is 6.71. The van der Waals surface area contributed by atoms with Crippen molar-refractivity contribution in [3.63, 3.8) is 0 Å². The Hall–Kier alpha value is -3.18. The first-order chi connectivity index (χ1) is 13.9. The van der Waals surface area contributed by atoms with E-state index >= 15 is 0 Å². The van der Waals surface area contributed by atoms with E-state index in [1.165, 1.54) is 12.1 Å². The Morgan fingerprint density at radius 1 is 1.30 bits per heavy atom. The third-order valence-electron chi connectivity index (χ3n) is 4.04. The van der Waals surface area contributed by atoms with Gasteiger partial charge in [-0.15, -0.1) is 6.42 Å². The number of hydrogen-bond acceptors (Lipinski definition) is 4. The molecule has 6 nitrogen and oxygen atoms in total. The highest BCUT2D eigenvalue weighted by Gasteiger charge is 2.15. The molecule has 0 aliphatic rings. The number of benzene rings is 1. The largest absolute Gasteiger partial charge is 0.348 e. The van der Waals surface area contributed by atoms with Crippen LogP contribution in [0.2, 0.25) is 0 Å². The molecule has 0 saturated heterocycles. The maximum atomic E-state index is 14.3. The Labute approximate surface area is 176 Å². The number of terminal acetylenes is 1. The van der Waals surface area contributed by atoms with Gasteiger partial charge in [-0.2, -0.15) is 0 Å². The monoisotopic (exact) mass is 429 g/mol. The summed E-state index contributed by atoms with van der Waals surface area (Å²) in [4.78, 5) is 16.5. The lowest BCUT2D eigenvalue weighted by atomic mass is 9.91. The predicted molar refractivity (Wildman–Crippen MR) is 117 cm³/mol. The Morgan fingerprint density at radius 3 is 2.53 bits per heavy atom. The van der Waals surface area contributed by atoms with Crippen LogP contribution in [0.25, 0.3) is 6.08 Å².